The SMILES string of the molecule is Cc1cccc(N2CCN(C(=O)Nc3ccnn3C3CCCC3)CC2)c1. The van der Waals surface area contributed by atoms with E-state index in [-0.39, 0.29) is 6.03 Å². The molecule has 26 heavy (non-hydrogen) atoms. The summed E-state index contributed by atoms with van der Waals surface area (Å²) in [6, 6.07) is 10.9. The van der Waals surface area contributed by atoms with Gasteiger partial charge in [0.2, 0.25) is 0 Å². The molecule has 1 saturated heterocycles. The molecule has 6 nitrogen and oxygen atoms in total. The van der Waals surface area contributed by atoms with Crippen molar-refractivity contribution in [2.24, 2.45) is 0 Å². The van der Waals surface area contributed by atoms with Crippen LogP contribution in [0.5, 0.6) is 0 Å². The van der Waals surface area contributed by atoms with Crippen molar-refractivity contribution in [2.45, 2.75) is 38.6 Å². The Bertz CT molecular complexity index is 757. The highest BCUT2D eigenvalue weighted by atomic mass is 16.2. The van der Waals surface area contributed by atoms with Gasteiger partial charge in [-0.05, 0) is 37.5 Å². The molecule has 2 aliphatic rings. The summed E-state index contributed by atoms with van der Waals surface area (Å²) in [5, 5.41) is 7.50. The number of amides is 2. The van der Waals surface area contributed by atoms with Crippen molar-refractivity contribution >= 4 is 17.5 Å². The highest BCUT2D eigenvalue weighted by molar-refractivity contribution is 5.88. The maximum atomic E-state index is 12.7. The summed E-state index contributed by atoms with van der Waals surface area (Å²) < 4.78 is 1.99. The first-order valence-corrected chi connectivity index (χ1v) is 9.62. The van der Waals surface area contributed by atoms with Gasteiger partial charge in [-0.2, -0.15) is 5.10 Å². The van der Waals surface area contributed by atoms with Gasteiger partial charge in [-0.3, -0.25) is 5.32 Å². The first-order chi connectivity index (χ1) is 12.7. The predicted molar refractivity (Wildman–Crippen MR) is 104 cm³/mol. The summed E-state index contributed by atoms with van der Waals surface area (Å²) in [6.45, 7) is 5.30. The van der Waals surface area contributed by atoms with E-state index >= 15 is 0 Å². The Morgan fingerprint density at radius 3 is 2.62 bits per heavy atom. The largest absolute Gasteiger partial charge is 0.368 e. The molecule has 2 fully saturated rings. The van der Waals surface area contributed by atoms with Crippen molar-refractivity contribution in [3.05, 3.63) is 42.1 Å². The van der Waals surface area contributed by atoms with E-state index in [4.69, 9.17) is 0 Å². The number of nitrogens with one attached hydrogen (secondary N) is 1. The summed E-state index contributed by atoms with van der Waals surface area (Å²) in [5.41, 5.74) is 2.51. The van der Waals surface area contributed by atoms with Crippen molar-refractivity contribution in [3.63, 3.8) is 0 Å². The van der Waals surface area contributed by atoms with Gasteiger partial charge in [0.25, 0.3) is 0 Å². The van der Waals surface area contributed by atoms with E-state index in [9.17, 15) is 4.79 Å². The monoisotopic (exact) mass is 353 g/mol. The van der Waals surface area contributed by atoms with Crippen LogP contribution in [0.1, 0.15) is 37.3 Å². The second-order valence-corrected chi connectivity index (χ2v) is 7.34. The van der Waals surface area contributed by atoms with Gasteiger partial charge in [-0.15, -0.1) is 0 Å². The summed E-state index contributed by atoms with van der Waals surface area (Å²) >= 11 is 0. The van der Waals surface area contributed by atoms with Crippen LogP contribution in [0.2, 0.25) is 0 Å². The molecule has 0 radical (unpaired) electrons. The molecular weight excluding hydrogens is 326 g/mol. The summed E-state index contributed by atoms with van der Waals surface area (Å²) in [5.74, 6) is 0.822. The van der Waals surface area contributed by atoms with E-state index in [2.05, 4.69) is 46.5 Å². The Morgan fingerprint density at radius 1 is 1.12 bits per heavy atom. The molecule has 6 heteroatoms. The minimum Gasteiger partial charge on any atom is -0.368 e. The van der Waals surface area contributed by atoms with Crippen LogP contribution in [0.15, 0.2) is 36.5 Å². The molecule has 1 aliphatic heterocycles. The van der Waals surface area contributed by atoms with Gasteiger partial charge in [0.1, 0.15) is 5.82 Å². The van der Waals surface area contributed by atoms with Gasteiger partial charge in [0.05, 0.1) is 12.2 Å². The van der Waals surface area contributed by atoms with Gasteiger partial charge >= 0.3 is 6.03 Å². The Morgan fingerprint density at radius 2 is 1.88 bits per heavy atom. The third-order valence-corrected chi connectivity index (χ3v) is 5.51. The molecule has 1 N–H and O–H groups in total. The third kappa shape index (κ3) is 3.54. The van der Waals surface area contributed by atoms with E-state index in [0.29, 0.717) is 6.04 Å². The fraction of sp³-hybridized carbons (Fsp3) is 0.500. The van der Waals surface area contributed by atoms with Crippen LogP contribution in [-0.4, -0.2) is 46.9 Å². The molecule has 0 unspecified atom stereocenters. The highest BCUT2D eigenvalue weighted by Crippen LogP contribution is 2.31. The van der Waals surface area contributed by atoms with Crippen LogP contribution >= 0.6 is 0 Å². The van der Waals surface area contributed by atoms with Gasteiger partial charge < -0.3 is 9.80 Å². The average Bonchev–Trinajstić information content (AvgIpc) is 3.33. The van der Waals surface area contributed by atoms with Crippen LogP contribution in [0.3, 0.4) is 0 Å². The molecule has 1 aromatic carbocycles. The lowest BCUT2D eigenvalue weighted by molar-refractivity contribution is 0.208. The average molecular weight is 353 g/mol. The number of piperazine rings is 1. The minimum atomic E-state index is -0.0198. The van der Waals surface area contributed by atoms with Crippen molar-refractivity contribution in [1.29, 1.82) is 0 Å². The number of hydrogen-bond donors (Lipinski definition) is 1. The number of nitrogens with zero attached hydrogens (tertiary/aromatic N) is 4. The van der Waals surface area contributed by atoms with E-state index in [1.54, 1.807) is 6.20 Å². The lowest BCUT2D eigenvalue weighted by Gasteiger charge is -2.36. The summed E-state index contributed by atoms with van der Waals surface area (Å²) in [6.07, 6.45) is 6.58. The second kappa shape index (κ2) is 7.40. The van der Waals surface area contributed by atoms with E-state index in [0.717, 1.165) is 44.8 Å². The van der Waals surface area contributed by atoms with Gasteiger partial charge in [-0.1, -0.05) is 25.0 Å². The molecule has 138 valence electrons. The first-order valence-electron chi connectivity index (χ1n) is 9.62. The maximum absolute atomic E-state index is 12.7. The van der Waals surface area contributed by atoms with E-state index < -0.39 is 0 Å². The lowest BCUT2D eigenvalue weighted by Crippen LogP contribution is -2.50. The summed E-state index contributed by atoms with van der Waals surface area (Å²) in [4.78, 5) is 16.9. The fourth-order valence-electron chi connectivity index (χ4n) is 4.03. The number of carbonyl (C=O) groups is 1. The normalized spacial score (nSPS) is 18.3. The van der Waals surface area contributed by atoms with Crippen molar-refractivity contribution in [2.75, 3.05) is 36.4 Å². The zero-order valence-corrected chi connectivity index (χ0v) is 15.4. The molecule has 0 atom stereocenters. The number of hydrogen-bond acceptors (Lipinski definition) is 3. The Labute approximate surface area is 154 Å². The Balaban J connectivity index is 1.35. The van der Waals surface area contributed by atoms with Crippen LogP contribution in [0.4, 0.5) is 16.3 Å². The molecule has 0 bridgehead atoms. The van der Waals surface area contributed by atoms with Crippen molar-refractivity contribution < 1.29 is 4.79 Å². The maximum Gasteiger partial charge on any atom is 0.323 e. The van der Waals surface area contributed by atoms with Crippen LogP contribution in [0.25, 0.3) is 0 Å². The quantitative estimate of drug-likeness (QED) is 0.916. The lowest BCUT2D eigenvalue weighted by atomic mass is 10.2. The van der Waals surface area contributed by atoms with Crippen molar-refractivity contribution in [3.8, 4) is 0 Å². The zero-order valence-electron chi connectivity index (χ0n) is 15.4. The molecular formula is C20H27N5O. The predicted octanol–water partition coefficient (Wildman–Crippen LogP) is 3.66. The second-order valence-electron chi connectivity index (χ2n) is 7.34. The molecule has 2 heterocycles. The molecule has 2 amide bonds. The van der Waals surface area contributed by atoms with Crippen molar-refractivity contribution in [1.82, 2.24) is 14.7 Å². The number of anilines is 2. The first kappa shape index (κ1) is 16.9. The number of rotatable bonds is 3. The number of aromatic nitrogens is 2. The van der Waals surface area contributed by atoms with Crippen LogP contribution in [0, 0.1) is 6.92 Å². The Hall–Kier alpha value is -2.50. The van der Waals surface area contributed by atoms with Crippen LogP contribution in [-0.2, 0) is 0 Å². The molecule has 0 spiro atoms. The van der Waals surface area contributed by atoms with Gasteiger partial charge in [0.15, 0.2) is 0 Å². The highest BCUT2D eigenvalue weighted by Gasteiger charge is 2.24. The standard InChI is InChI=1S/C20H27N5O/c1-16-5-4-8-18(15-16)23-11-13-24(14-12-23)20(26)22-19-9-10-21-25(19)17-6-2-3-7-17/h4-5,8-10,15,17H,2-3,6-7,11-14H2,1H3,(H,22,26). The van der Waals surface area contributed by atoms with Crippen LogP contribution < -0.4 is 10.2 Å². The molecule has 1 saturated carbocycles. The summed E-state index contributed by atoms with van der Waals surface area (Å²) in [7, 11) is 0. The number of aryl methyl sites for hydroxylation is 1. The Kier molecular flexibility index (Phi) is 4.82. The molecule has 1 aliphatic carbocycles. The third-order valence-electron chi connectivity index (χ3n) is 5.51. The smallest absolute Gasteiger partial charge is 0.323 e. The van der Waals surface area contributed by atoms with E-state index in [1.807, 2.05) is 15.6 Å². The number of urea groups is 1. The minimum absolute atomic E-state index is 0.0198. The topological polar surface area (TPSA) is 53.4 Å². The number of carbonyl (C=O) groups excluding carboxylic acids is 1. The fourth-order valence-corrected chi connectivity index (χ4v) is 4.03. The molecule has 1 aromatic heterocycles. The van der Waals surface area contributed by atoms with Gasteiger partial charge in [0, 0.05) is 37.9 Å². The number of benzene rings is 1. The molecule has 4 rings (SSSR count). The van der Waals surface area contributed by atoms with E-state index in [1.165, 1.54) is 24.1 Å². The zero-order chi connectivity index (χ0) is 17.9. The molecule has 2 aromatic rings. The van der Waals surface area contributed by atoms with Gasteiger partial charge in [-0.25, -0.2) is 9.48 Å².